The second kappa shape index (κ2) is 4.76. The Kier molecular flexibility index (Phi) is 4.91. The maximum atomic E-state index is 9.20. The quantitative estimate of drug-likeness (QED) is 0.536. The van der Waals surface area contributed by atoms with E-state index in [1.165, 1.54) is 0 Å². The average Bonchev–Trinajstić information content (AvgIpc) is 2.08. The largest absolute Gasteiger partial charge is 0.505 e. The number of aromatic hydroxyl groups is 1. The predicted molar refractivity (Wildman–Crippen MR) is 55.7 cm³/mol. The van der Waals surface area contributed by atoms with Crippen LogP contribution in [-0.2, 0) is 0 Å². The zero-order valence-corrected chi connectivity index (χ0v) is 9.52. The summed E-state index contributed by atoms with van der Waals surface area (Å²) >= 11 is 27.9. The van der Waals surface area contributed by atoms with Crippen molar-refractivity contribution < 1.29 is 9.81 Å². The molecule has 0 amide bonds. The van der Waals surface area contributed by atoms with Crippen LogP contribution < -0.4 is 0 Å². The van der Waals surface area contributed by atoms with Crippen molar-refractivity contribution >= 4 is 58.0 Å². The van der Waals surface area contributed by atoms with E-state index in [0.717, 1.165) is 0 Å². The Morgan fingerprint density at radius 2 is 0.846 bits per heavy atom. The van der Waals surface area contributed by atoms with Crippen LogP contribution in [0.5, 0.6) is 5.75 Å². The molecular formula is C6H2Cl5FO. The Labute approximate surface area is 98.5 Å². The highest BCUT2D eigenvalue weighted by Gasteiger charge is 2.17. The normalized spacial score (nSPS) is 9.62. The van der Waals surface area contributed by atoms with Crippen LogP contribution in [0.2, 0.25) is 25.1 Å². The molecule has 13 heavy (non-hydrogen) atoms. The minimum atomic E-state index is -0.363. The molecule has 0 aliphatic heterocycles. The monoisotopic (exact) mass is 284 g/mol. The molecule has 0 saturated heterocycles. The van der Waals surface area contributed by atoms with Crippen LogP contribution in [0.4, 0.5) is 4.70 Å². The first-order chi connectivity index (χ1) is 5.46. The molecule has 0 radical (unpaired) electrons. The van der Waals surface area contributed by atoms with Gasteiger partial charge in [-0.05, 0) is 0 Å². The van der Waals surface area contributed by atoms with E-state index in [1.54, 1.807) is 0 Å². The molecule has 0 aliphatic carbocycles. The molecule has 1 N–H and O–H groups in total. The van der Waals surface area contributed by atoms with Gasteiger partial charge in [0, 0.05) is 0 Å². The number of phenolic OH excluding ortho intramolecular Hbond substituents is 1. The van der Waals surface area contributed by atoms with Gasteiger partial charge in [0.05, 0.1) is 15.1 Å². The van der Waals surface area contributed by atoms with Gasteiger partial charge in [0.1, 0.15) is 10.0 Å². The topological polar surface area (TPSA) is 20.2 Å². The van der Waals surface area contributed by atoms with Crippen molar-refractivity contribution in [1.82, 2.24) is 0 Å². The number of benzene rings is 1. The minimum absolute atomic E-state index is 0. The predicted octanol–water partition coefficient (Wildman–Crippen LogP) is 4.81. The summed E-state index contributed by atoms with van der Waals surface area (Å²) in [6.45, 7) is 0. The minimum Gasteiger partial charge on any atom is -0.505 e. The summed E-state index contributed by atoms with van der Waals surface area (Å²) in [7, 11) is 0. The van der Waals surface area contributed by atoms with Crippen molar-refractivity contribution in [1.29, 1.82) is 0 Å². The Morgan fingerprint density at radius 3 is 1.15 bits per heavy atom. The van der Waals surface area contributed by atoms with E-state index in [2.05, 4.69) is 0 Å². The highest BCUT2D eigenvalue weighted by molar-refractivity contribution is 6.55. The molecule has 0 atom stereocenters. The Hall–Kier alpha value is 0.400. The summed E-state index contributed by atoms with van der Waals surface area (Å²) in [5.74, 6) is -0.363. The first kappa shape index (κ1) is 13.4. The average molecular weight is 286 g/mol. The molecule has 0 fully saturated rings. The first-order valence-electron chi connectivity index (χ1n) is 2.67. The van der Waals surface area contributed by atoms with Crippen molar-refractivity contribution in [2.75, 3.05) is 0 Å². The van der Waals surface area contributed by atoms with E-state index >= 15 is 0 Å². The van der Waals surface area contributed by atoms with Crippen LogP contribution in [0, 0.1) is 0 Å². The van der Waals surface area contributed by atoms with E-state index in [4.69, 9.17) is 58.0 Å². The molecule has 0 aliphatic rings. The summed E-state index contributed by atoms with van der Waals surface area (Å²) < 4.78 is 0. The maximum absolute atomic E-state index is 9.20. The molecule has 1 aromatic carbocycles. The molecule has 0 unspecified atom stereocenters. The van der Waals surface area contributed by atoms with E-state index in [9.17, 15) is 5.11 Å². The van der Waals surface area contributed by atoms with Gasteiger partial charge in [0.25, 0.3) is 0 Å². The third-order valence-corrected chi connectivity index (χ3v) is 3.44. The van der Waals surface area contributed by atoms with Crippen LogP contribution in [-0.4, -0.2) is 5.11 Å². The summed E-state index contributed by atoms with van der Waals surface area (Å²) in [5, 5.41) is 9.01. The van der Waals surface area contributed by atoms with Crippen molar-refractivity contribution in [3.63, 3.8) is 0 Å². The molecule has 0 heterocycles. The Balaban J connectivity index is 0.00000144. The zero-order chi connectivity index (χ0) is 9.46. The maximum Gasteiger partial charge on any atom is 0.155 e. The molecule has 74 valence electrons. The van der Waals surface area contributed by atoms with Crippen molar-refractivity contribution in [3.8, 4) is 5.75 Å². The summed E-state index contributed by atoms with van der Waals surface area (Å²) in [4.78, 5) is 0. The molecule has 0 bridgehead atoms. The summed E-state index contributed by atoms with van der Waals surface area (Å²) in [6, 6.07) is 0. The molecule has 1 nitrogen and oxygen atoms in total. The van der Waals surface area contributed by atoms with Crippen LogP contribution in [0.25, 0.3) is 0 Å². The molecule has 1 aromatic rings. The van der Waals surface area contributed by atoms with Gasteiger partial charge in [-0.25, -0.2) is 0 Å². The van der Waals surface area contributed by atoms with E-state index in [0.29, 0.717) is 0 Å². The fourth-order valence-corrected chi connectivity index (χ4v) is 1.72. The van der Waals surface area contributed by atoms with Crippen LogP contribution >= 0.6 is 58.0 Å². The zero-order valence-electron chi connectivity index (χ0n) is 5.75. The second-order valence-electron chi connectivity index (χ2n) is 1.92. The summed E-state index contributed by atoms with van der Waals surface area (Å²) in [5.41, 5.74) is 0. The van der Waals surface area contributed by atoms with E-state index in [1.807, 2.05) is 0 Å². The SMILES string of the molecule is F.Oc1c(Cl)c(Cl)c(Cl)c(Cl)c1Cl. The van der Waals surface area contributed by atoms with Gasteiger partial charge >= 0.3 is 0 Å². The molecule has 1 rings (SSSR count). The van der Waals surface area contributed by atoms with Crippen molar-refractivity contribution in [3.05, 3.63) is 25.1 Å². The first-order valence-corrected chi connectivity index (χ1v) is 4.56. The van der Waals surface area contributed by atoms with Crippen LogP contribution in [0.3, 0.4) is 0 Å². The molecule has 0 saturated carbocycles. The number of halogens is 6. The highest BCUT2D eigenvalue weighted by Crippen LogP contribution is 2.47. The lowest BCUT2D eigenvalue weighted by molar-refractivity contribution is 0.476. The lowest BCUT2D eigenvalue weighted by Crippen LogP contribution is -1.78. The van der Waals surface area contributed by atoms with Crippen LogP contribution in [0.1, 0.15) is 0 Å². The molecule has 7 heteroatoms. The number of hydrogen-bond acceptors (Lipinski definition) is 1. The van der Waals surface area contributed by atoms with Gasteiger partial charge < -0.3 is 5.11 Å². The van der Waals surface area contributed by atoms with Gasteiger partial charge in [-0.1, -0.05) is 58.0 Å². The summed E-state index contributed by atoms with van der Waals surface area (Å²) in [6.07, 6.45) is 0. The van der Waals surface area contributed by atoms with Gasteiger partial charge in [-0.15, -0.1) is 0 Å². The number of phenols is 1. The smallest absolute Gasteiger partial charge is 0.155 e. The molecule has 0 spiro atoms. The molecular weight excluding hydrogens is 284 g/mol. The van der Waals surface area contributed by atoms with Gasteiger partial charge in [0.2, 0.25) is 0 Å². The molecule has 0 aromatic heterocycles. The highest BCUT2D eigenvalue weighted by atomic mass is 35.5. The van der Waals surface area contributed by atoms with Gasteiger partial charge in [-0.2, -0.15) is 0 Å². The van der Waals surface area contributed by atoms with E-state index < -0.39 is 0 Å². The fraction of sp³-hybridized carbons (Fsp3) is 0. The lowest BCUT2D eigenvalue weighted by Gasteiger charge is -2.06. The lowest BCUT2D eigenvalue weighted by atomic mass is 10.3. The number of rotatable bonds is 0. The number of hydrogen-bond donors (Lipinski definition) is 1. The Bertz CT molecular complexity index is 235. The van der Waals surface area contributed by atoms with Crippen molar-refractivity contribution in [2.24, 2.45) is 0 Å². The third kappa shape index (κ3) is 2.25. The Morgan fingerprint density at radius 1 is 0.615 bits per heavy atom. The second-order valence-corrected chi connectivity index (χ2v) is 3.81. The fourth-order valence-electron chi connectivity index (χ4n) is 0.593. The standard InChI is InChI=1S/C6HCl5O.FH/c7-1-2(8)4(10)6(12)5(11)3(1)9;/h12H;1H. The van der Waals surface area contributed by atoms with E-state index in [-0.39, 0.29) is 35.6 Å². The third-order valence-electron chi connectivity index (χ3n) is 1.19. The van der Waals surface area contributed by atoms with Gasteiger partial charge in [-0.3, -0.25) is 4.70 Å². The van der Waals surface area contributed by atoms with Crippen LogP contribution in [0.15, 0.2) is 0 Å². The van der Waals surface area contributed by atoms with Gasteiger partial charge in [0.15, 0.2) is 5.75 Å². The van der Waals surface area contributed by atoms with Crippen molar-refractivity contribution in [2.45, 2.75) is 0 Å².